The van der Waals surface area contributed by atoms with Crippen LogP contribution in [0.3, 0.4) is 0 Å². The first-order valence-corrected chi connectivity index (χ1v) is 12.2. The molecule has 0 aromatic rings. The number of rotatable bonds is 11. The lowest BCUT2D eigenvalue weighted by Gasteiger charge is -2.33. The lowest BCUT2D eigenvalue weighted by atomic mass is 9.92. The summed E-state index contributed by atoms with van der Waals surface area (Å²) in [6.07, 6.45) is 3.26. The van der Waals surface area contributed by atoms with Gasteiger partial charge in [0, 0.05) is 19.5 Å². The van der Waals surface area contributed by atoms with Crippen LogP contribution in [0.5, 0.6) is 0 Å². The van der Waals surface area contributed by atoms with E-state index in [0.717, 1.165) is 32.4 Å². The van der Waals surface area contributed by atoms with Crippen molar-refractivity contribution < 1.29 is 29.0 Å². The van der Waals surface area contributed by atoms with Crippen molar-refractivity contribution in [3.8, 4) is 0 Å². The number of alkyl carbamates (subject to hydrolysis) is 1. The number of carbonyl (C=O) groups is 4. The molecule has 2 heterocycles. The maximum Gasteiger partial charge on any atom is 0.408 e. The van der Waals surface area contributed by atoms with Gasteiger partial charge in [-0.25, -0.2) is 4.79 Å². The largest absolute Gasteiger partial charge is 0.481 e. The molecule has 0 unspecified atom stereocenters. The Morgan fingerprint density at radius 1 is 1.12 bits per heavy atom. The molecule has 0 spiro atoms. The van der Waals surface area contributed by atoms with Gasteiger partial charge in [0.1, 0.15) is 6.17 Å². The molecule has 0 bridgehead atoms. The number of likely N-dealkylation sites (tertiary alicyclic amines) is 1. The number of nitrogens with zero attached hydrogens (tertiary/aromatic N) is 1. The summed E-state index contributed by atoms with van der Waals surface area (Å²) in [7, 11) is 0. The maximum absolute atomic E-state index is 12.8. The Kier molecular flexibility index (Phi) is 11.4. The molecule has 0 aliphatic carbocycles. The molecular weight excluding hydrogens is 428 g/mol. The van der Waals surface area contributed by atoms with Gasteiger partial charge in [-0.2, -0.15) is 0 Å². The maximum atomic E-state index is 12.8. The normalized spacial score (nSPS) is 20.2. The predicted octanol–water partition coefficient (Wildman–Crippen LogP) is 1.69. The van der Waals surface area contributed by atoms with Crippen molar-refractivity contribution in [1.82, 2.24) is 20.9 Å². The average molecular weight is 469 g/mol. The quantitative estimate of drug-likeness (QED) is 0.339. The second-order valence-corrected chi connectivity index (χ2v) is 9.53. The summed E-state index contributed by atoms with van der Waals surface area (Å²) in [5, 5.41) is 17.5. The number of hydrogen-bond acceptors (Lipinski definition) is 6. The number of ether oxygens (including phenoxy) is 1. The van der Waals surface area contributed by atoms with Gasteiger partial charge in [-0.15, -0.1) is 0 Å². The summed E-state index contributed by atoms with van der Waals surface area (Å²) < 4.78 is 5.07. The van der Waals surface area contributed by atoms with Crippen molar-refractivity contribution in [2.45, 2.75) is 71.4 Å². The van der Waals surface area contributed by atoms with Gasteiger partial charge in [0.2, 0.25) is 11.8 Å². The molecule has 3 amide bonds. The number of nitrogens with one attached hydrogen (secondary N) is 3. The van der Waals surface area contributed by atoms with Crippen LogP contribution in [-0.2, 0) is 19.1 Å². The third-order valence-corrected chi connectivity index (χ3v) is 6.29. The fourth-order valence-electron chi connectivity index (χ4n) is 4.25. The molecular formula is C23H40N4O6. The Balaban J connectivity index is 1.82. The van der Waals surface area contributed by atoms with Crippen LogP contribution >= 0.6 is 0 Å². The molecule has 0 saturated carbocycles. The molecule has 2 aliphatic heterocycles. The SMILES string of the molecule is CC(C)CCOC(=O)N[C@H](CC(=O)O)NC(=O)[C@@H]1CCCN(C(=O)CCC2CCNCC2)C1. The van der Waals surface area contributed by atoms with E-state index in [2.05, 4.69) is 16.0 Å². The molecule has 2 rings (SSSR count). The first-order valence-electron chi connectivity index (χ1n) is 12.2. The molecule has 10 nitrogen and oxygen atoms in total. The number of carbonyl (C=O) groups excluding carboxylic acids is 3. The number of hydrogen-bond donors (Lipinski definition) is 4. The summed E-state index contributed by atoms with van der Waals surface area (Å²) >= 11 is 0. The van der Waals surface area contributed by atoms with E-state index < -0.39 is 30.6 Å². The third kappa shape index (κ3) is 10.4. The second-order valence-electron chi connectivity index (χ2n) is 9.53. The highest BCUT2D eigenvalue weighted by molar-refractivity contribution is 5.82. The van der Waals surface area contributed by atoms with Crippen LogP contribution in [-0.4, -0.2) is 72.8 Å². The summed E-state index contributed by atoms with van der Waals surface area (Å²) in [4.78, 5) is 50.4. The topological polar surface area (TPSA) is 137 Å². The van der Waals surface area contributed by atoms with E-state index in [-0.39, 0.29) is 18.4 Å². The highest BCUT2D eigenvalue weighted by Crippen LogP contribution is 2.21. The molecule has 10 heteroatoms. The molecule has 0 radical (unpaired) electrons. The molecule has 0 aromatic carbocycles. The number of amides is 3. The van der Waals surface area contributed by atoms with E-state index >= 15 is 0 Å². The molecule has 0 aromatic heterocycles. The zero-order valence-corrected chi connectivity index (χ0v) is 19.9. The molecule has 2 saturated heterocycles. The molecule has 188 valence electrons. The van der Waals surface area contributed by atoms with Crippen molar-refractivity contribution in [2.75, 3.05) is 32.8 Å². The number of carboxylic acid groups (broad SMARTS) is 1. The summed E-state index contributed by atoms with van der Waals surface area (Å²) in [5.41, 5.74) is 0. The first kappa shape index (κ1) is 26.9. The molecule has 4 N–H and O–H groups in total. The van der Waals surface area contributed by atoms with Crippen LogP contribution in [0.4, 0.5) is 4.79 Å². The summed E-state index contributed by atoms with van der Waals surface area (Å²) in [6.45, 7) is 7.17. The lowest BCUT2D eigenvalue weighted by Crippen LogP contribution is -2.53. The fourth-order valence-corrected chi connectivity index (χ4v) is 4.25. The van der Waals surface area contributed by atoms with Gasteiger partial charge in [-0.3, -0.25) is 14.4 Å². The fraction of sp³-hybridized carbons (Fsp3) is 0.826. The number of carboxylic acids is 1. The Hall–Kier alpha value is -2.36. The van der Waals surface area contributed by atoms with Gasteiger partial charge in [-0.1, -0.05) is 13.8 Å². The number of piperidine rings is 2. The van der Waals surface area contributed by atoms with Crippen molar-refractivity contribution in [3.63, 3.8) is 0 Å². The van der Waals surface area contributed by atoms with E-state index in [1.54, 1.807) is 4.90 Å². The minimum Gasteiger partial charge on any atom is -0.481 e. The van der Waals surface area contributed by atoms with E-state index in [1.807, 2.05) is 13.8 Å². The highest BCUT2D eigenvalue weighted by Gasteiger charge is 2.30. The predicted molar refractivity (Wildman–Crippen MR) is 122 cm³/mol. The Morgan fingerprint density at radius 3 is 2.52 bits per heavy atom. The minimum absolute atomic E-state index is 0.0694. The first-order chi connectivity index (χ1) is 15.7. The van der Waals surface area contributed by atoms with Crippen molar-refractivity contribution >= 4 is 23.9 Å². The van der Waals surface area contributed by atoms with Crippen molar-refractivity contribution in [1.29, 1.82) is 0 Å². The minimum atomic E-state index is -1.15. The van der Waals surface area contributed by atoms with Gasteiger partial charge in [0.25, 0.3) is 0 Å². The zero-order chi connectivity index (χ0) is 24.2. The Bertz CT molecular complexity index is 665. The van der Waals surface area contributed by atoms with Gasteiger partial charge < -0.3 is 30.7 Å². The summed E-state index contributed by atoms with van der Waals surface area (Å²) in [5.74, 6) is -0.941. The van der Waals surface area contributed by atoms with Crippen LogP contribution in [0.1, 0.15) is 65.2 Å². The standard InChI is InChI=1S/C23H40N4O6/c1-16(2)9-13-33-23(32)26-19(14-21(29)30)25-22(31)18-4-3-12-27(15-18)20(28)6-5-17-7-10-24-11-8-17/h16-19,24H,3-15H2,1-2H3,(H,25,31)(H,26,32)(H,29,30)/t18-,19-/m1/s1. The van der Waals surface area contributed by atoms with E-state index in [1.165, 1.54) is 0 Å². The van der Waals surface area contributed by atoms with Gasteiger partial charge in [0.05, 0.1) is 18.9 Å². The van der Waals surface area contributed by atoms with Crippen LogP contribution in [0.25, 0.3) is 0 Å². The van der Waals surface area contributed by atoms with Crippen molar-refractivity contribution in [2.24, 2.45) is 17.8 Å². The highest BCUT2D eigenvalue weighted by atomic mass is 16.5. The van der Waals surface area contributed by atoms with Crippen LogP contribution in [0, 0.1) is 17.8 Å². The van der Waals surface area contributed by atoms with E-state index in [9.17, 15) is 19.2 Å². The zero-order valence-electron chi connectivity index (χ0n) is 19.9. The molecule has 33 heavy (non-hydrogen) atoms. The Morgan fingerprint density at radius 2 is 1.85 bits per heavy atom. The van der Waals surface area contributed by atoms with Crippen LogP contribution in [0.2, 0.25) is 0 Å². The second kappa shape index (κ2) is 14.0. The average Bonchev–Trinajstić information content (AvgIpc) is 2.77. The molecule has 2 fully saturated rings. The van der Waals surface area contributed by atoms with Gasteiger partial charge >= 0.3 is 12.1 Å². The van der Waals surface area contributed by atoms with Gasteiger partial charge in [0.15, 0.2) is 0 Å². The van der Waals surface area contributed by atoms with Crippen molar-refractivity contribution in [3.05, 3.63) is 0 Å². The van der Waals surface area contributed by atoms with Gasteiger partial charge in [-0.05, 0) is 63.5 Å². The van der Waals surface area contributed by atoms with Crippen LogP contribution < -0.4 is 16.0 Å². The van der Waals surface area contributed by atoms with Crippen LogP contribution in [0.15, 0.2) is 0 Å². The lowest BCUT2D eigenvalue weighted by molar-refractivity contribution is -0.138. The van der Waals surface area contributed by atoms with E-state index in [4.69, 9.17) is 9.84 Å². The third-order valence-electron chi connectivity index (χ3n) is 6.29. The monoisotopic (exact) mass is 468 g/mol. The number of aliphatic carboxylic acids is 1. The smallest absolute Gasteiger partial charge is 0.408 e. The summed E-state index contributed by atoms with van der Waals surface area (Å²) in [6, 6.07) is 0. The Labute approximate surface area is 196 Å². The molecule has 2 atom stereocenters. The molecule has 2 aliphatic rings. The van der Waals surface area contributed by atoms with E-state index in [0.29, 0.717) is 50.6 Å².